The van der Waals surface area contributed by atoms with Crippen molar-refractivity contribution >= 4 is 11.8 Å². The molecule has 4 saturated carbocycles. The van der Waals surface area contributed by atoms with Crippen molar-refractivity contribution in [2.45, 2.75) is 51.4 Å². The Labute approximate surface area is 132 Å². The molecule has 6 atom stereocenters. The predicted octanol–water partition coefficient (Wildman–Crippen LogP) is 2.09. The highest BCUT2D eigenvalue weighted by atomic mass is 16.2. The third-order valence-corrected chi connectivity index (χ3v) is 6.87. The highest BCUT2D eigenvalue weighted by Crippen LogP contribution is 2.49. The maximum Gasteiger partial charge on any atom is 0.223 e. The molecule has 0 saturated heterocycles. The van der Waals surface area contributed by atoms with Gasteiger partial charge in [0.1, 0.15) is 0 Å². The SMILES string of the molecule is O=C(NCCNC(=O)[C@@H]1C[C@@H]2CC[C@@H]1C2)[C@H]1C[C@@H]2CC[C@H]1C2. The van der Waals surface area contributed by atoms with Gasteiger partial charge in [-0.05, 0) is 62.2 Å². The number of carbonyl (C=O) groups is 2. The Morgan fingerprint density at radius 1 is 0.682 bits per heavy atom. The molecule has 4 nitrogen and oxygen atoms in total. The summed E-state index contributed by atoms with van der Waals surface area (Å²) in [6, 6.07) is 0. The van der Waals surface area contributed by atoms with E-state index >= 15 is 0 Å². The molecule has 4 aliphatic carbocycles. The van der Waals surface area contributed by atoms with Crippen molar-refractivity contribution < 1.29 is 9.59 Å². The lowest BCUT2D eigenvalue weighted by atomic mass is 9.88. The van der Waals surface area contributed by atoms with Gasteiger partial charge in [-0.1, -0.05) is 12.8 Å². The molecule has 0 aliphatic heterocycles. The molecule has 4 bridgehead atoms. The van der Waals surface area contributed by atoms with Crippen LogP contribution in [-0.4, -0.2) is 24.9 Å². The second kappa shape index (κ2) is 5.86. The second-order valence-corrected chi connectivity index (χ2v) is 8.14. The molecule has 0 aromatic rings. The summed E-state index contributed by atoms with van der Waals surface area (Å²) in [5, 5.41) is 6.07. The Balaban J connectivity index is 1.15. The van der Waals surface area contributed by atoms with E-state index in [9.17, 15) is 9.59 Å². The minimum Gasteiger partial charge on any atom is -0.354 e. The topological polar surface area (TPSA) is 58.2 Å². The van der Waals surface area contributed by atoms with Gasteiger partial charge in [0.2, 0.25) is 11.8 Å². The number of carbonyl (C=O) groups excluding carboxylic acids is 2. The normalized spacial score (nSPS) is 41.8. The van der Waals surface area contributed by atoms with Gasteiger partial charge in [0.25, 0.3) is 0 Å². The summed E-state index contributed by atoms with van der Waals surface area (Å²) in [5.74, 6) is 3.82. The molecule has 2 amide bonds. The quantitative estimate of drug-likeness (QED) is 0.764. The van der Waals surface area contributed by atoms with Gasteiger partial charge in [0, 0.05) is 24.9 Å². The summed E-state index contributed by atoms with van der Waals surface area (Å²) in [6.45, 7) is 1.17. The maximum atomic E-state index is 12.2. The maximum absolute atomic E-state index is 12.2. The van der Waals surface area contributed by atoms with Gasteiger partial charge in [-0.2, -0.15) is 0 Å². The second-order valence-electron chi connectivity index (χ2n) is 8.14. The predicted molar refractivity (Wildman–Crippen MR) is 83.9 cm³/mol. The molecule has 122 valence electrons. The van der Waals surface area contributed by atoms with E-state index in [1.165, 1.54) is 38.5 Å². The van der Waals surface area contributed by atoms with Crippen molar-refractivity contribution in [1.82, 2.24) is 10.6 Å². The zero-order valence-corrected chi connectivity index (χ0v) is 13.4. The van der Waals surface area contributed by atoms with Crippen LogP contribution >= 0.6 is 0 Å². The summed E-state index contributed by atoms with van der Waals surface area (Å²) >= 11 is 0. The zero-order chi connectivity index (χ0) is 15.1. The number of hydrogen-bond donors (Lipinski definition) is 2. The Kier molecular flexibility index (Phi) is 3.87. The van der Waals surface area contributed by atoms with E-state index in [-0.39, 0.29) is 23.7 Å². The van der Waals surface area contributed by atoms with Gasteiger partial charge in [0.05, 0.1) is 0 Å². The largest absolute Gasteiger partial charge is 0.354 e. The minimum absolute atomic E-state index is 0.223. The van der Waals surface area contributed by atoms with Gasteiger partial charge in [-0.15, -0.1) is 0 Å². The minimum atomic E-state index is 0.223. The molecule has 4 fully saturated rings. The van der Waals surface area contributed by atoms with E-state index in [4.69, 9.17) is 0 Å². The van der Waals surface area contributed by atoms with E-state index in [1.807, 2.05) is 0 Å². The van der Waals surface area contributed by atoms with Gasteiger partial charge in [-0.25, -0.2) is 0 Å². The zero-order valence-electron chi connectivity index (χ0n) is 13.4. The number of rotatable bonds is 5. The molecule has 0 spiro atoms. The van der Waals surface area contributed by atoms with Crippen molar-refractivity contribution in [3.8, 4) is 0 Å². The van der Waals surface area contributed by atoms with Crippen LogP contribution in [-0.2, 0) is 9.59 Å². The van der Waals surface area contributed by atoms with E-state index in [0.717, 1.165) is 24.7 Å². The summed E-state index contributed by atoms with van der Waals surface area (Å²) in [5.41, 5.74) is 0. The van der Waals surface area contributed by atoms with Crippen molar-refractivity contribution in [3.05, 3.63) is 0 Å². The summed E-state index contributed by atoms with van der Waals surface area (Å²) in [4.78, 5) is 24.4. The smallest absolute Gasteiger partial charge is 0.223 e. The lowest BCUT2D eigenvalue weighted by Crippen LogP contribution is -2.41. The van der Waals surface area contributed by atoms with Gasteiger partial charge in [-0.3, -0.25) is 9.59 Å². The summed E-state index contributed by atoms with van der Waals surface area (Å²) < 4.78 is 0. The van der Waals surface area contributed by atoms with E-state index in [0.29, 0.717) is 24.9 Å². The summed E-state index contributed by atoms with van der Waals surface area (Å²) in [6.07, 6.45) is 9.84. The number of hydrogen-bond acceptors (Lipinski definition) is 2. The summed E-state index contributed by atoms with van der Waals surface area (Å²) in [7, 11) is 0. The molecule has 2 N–H and O–H groups in total. The fourth-order valence-electron chi connectivity index (χ4n) is 5.77. The van der Waals surface area contributed by atoms with Gasteiger partial charge in [0.15, 0.2) is 0 Å². The van der Waals surface area contributed by atoms with Crippen LogP contribution < -0.4 is 10.6 Å². The van der Waals surface area contributed by atoms with Crippen LogP contribution in [0.3, 0.4) is 0 Å². The number of amides is 2. The van der Waals surface area contributed by atoms with Crippen LogP contribution in [0, 0.1) is 35.5 Å². The van der Waals surface area contributed by atoms with Crippen molar-refractivity contribution in [3.63, 3.8) is 0 Å². The first-order chi connectivity index (χ1) is 10.7. The standard InChI is InChI=1S/C18H28N2O2/c21-17(15-9-11-1-3-13(15)7-11)19-5-6-20-18(22)16-10-12-2-4-14(16)8-12/h11-16H,1-10H2,(H,19,21)(H,20,22)/t11-,12-,13-,14+,15-,16+/m1/s1. The van der Waals surface area contributed by atoms with E-state index in [1.54, 1.807) is 0 Å². The van der Waals surface area contributed by atoms with Crippen molar-refractivity contribution in [1.29, 1.82) is 0 Å². The Hall–Kier alpha value is -1.06. The molecule has 4 heteroatoms. The molecule has 0 aromatic heterocycles. The molecule has 4 rings (SSSR count). The van der Waals surface area contributed by atoms with Crippen LogP contribution in [0.25, 0.3) is 0 Å². The van der Waals surface area contributed by atoms with Crippen LogP contribution in [0.1, 0.15) is 51.4 Å². The lowest BCUT2D eigenvalue weighted by Gasteiger charge is -2.22. The molecular weight excluding hydrogens is 276 g/mol. The fraction of sp³-hybridized carbons (Fsp3) is 0.889. The third kappa shape index (κ3) is 2.65. The first-order valence-electron chi connectivity index (χ1n) is 9.26. The van der Waals surface area contributed by atoms with Crippen LogP contribution in [0.2, 0.25) is 0 Å². The molecule has 0 heterocycles. The first-order valence-corrected chi connectivity index (χ1v) is 9.26. The van der Waals surface area contributed by atoms with Crippen LogP contribution in [0.4, 0.5) is 0 Å². The molecule has 0 aromatic carbocycles. The van der Waals surface area contributed by atoms with E-state index in [2.05, 4.69) is 10.6 Å². The van der Waals surface area contributed by atoms with Crippen LogP contribution in [0.15, 0.2) is 0 Å². The molecular formula is C18H28N2O2. The van der Waals surface area contributed by atoms with Crippen molar-refractivity contribution in [2.24, 2.45) is 35.5 Å². The molecule has 0 unspecified atom stereocenters. The Morgan fingerprint density at radius 2 is 1.14 bits per heavy atom. The Morgan fingerprint density at radius 3 is 1.45 bits per heavy atom. The van der Waals surface area contributed by atoms with Gasteiger partial charge >= 0.3 is 0 Å². The average Bonchev–Trinajstić information content (AvgIpc) is 3.30. The molecule has 22 heavy (non-hydrogen) atoms. The van der Waals surface area contributed by atoms with Crippen LogP contribution in [0.5, 0.6) is 0 Å². The number of fused-ring (bicyclic) bond motifs is 4. The van der Waals surface area contributed by atoms with Gasteiger partial charge < -0.3 is 10.6 Å². The first kappa shape index (κ1) is 14.5. The number of nitrogens with one attached hydrogen (secondary N) is 2. The third-order valence-electron chi connectivity index (χ3n) is 6.87. The molecule has 0 radical (unpaired) electrons. The van der Waals surface area contributed by atoms with E-state index < -0.39 is 0 Å². The highest BCUT2D eigenvalue weighted by molar-refractivity contribution is 5.80. The molecule has 4 aliphatic rings. The fourth-order valence-corrected chi connectivity index (χ4v) is 5.77. The highest BCUT2D eigenvalue weighted by Gasteiger charge is 2.43. The monoisotopic (exact) mass is 304 g/mol. The Bertz CT molecular complexity index is 422. The average molecular weight is 304 g/mol. The lowest BCUT2D eigenvalue weighted by molar-refractivity contribution is -0.128. The van der Waals surface area contributed by atoms with Crippen molar-refractivity contribution in [2.75, 3.05) is 13.1 Å².